The Balaban J connectivity index is 2.27. The number of rotatable bonds is 3. The molecule has 6 heteroatoms. The van der Waals surface area contributed by atoms with E-state index in [0.29, 0.717) is 12.8 Å². The summed E-state index contributed by atoms with van der Waals surface area (Å²) in [5, 5.41) is 2.88. The molecular weight excluding hydrogens is 299 g/mol. The Labute approximate surface area is 127 Å². The fourth-order valence-corrected chi connectivity index (χ4v) is 3.09. The number of thiocarbonyl (C=S) groups is 1. The molecule has 1 aliphatic carbocycles. The van der Waals surface area contributed by atoms with E-state index >= 15 is 0 Å². The van der Waals surface area contributed by atoms with Crippen molar-refractivity contribution in [3.63, 3.8) is 0 Å². The molecule has 3 N–H and O–H groups in total. The zero-order chi connectivity index (χ0) is 14.8. The van der Waals surface area contributed by atoms with Gasteiger partial charge in [-0.1, -0.05) is 49.1 Å². The summed E-state index contributed by atoms with van der Waals surface area (Å²) in [7, 11) is 0. The van der Waals surface area contributed by atoms with Crippen molar-refractivity contribution in [1.29, 1.82) is 0 Å². The van der Waals surface area contributed by atoms with Crippen LogP contribution in [0.4, 0.5) is 4.39 Å². The van der Waals surface area contributed by atoms with Gasteiger partial charge in [0, 0.05) is 0 Å². The predicted molar refractivity (Wildman–Crippen MR) is 81.5 cm³/mol. The Morgan fingerprint density at radius 1 is 1.35 bits per heavy atom. The number of hydrogen-bond donors (Lipinski definition) is 2. The zero-order valence-electron chi connectivity index (χ0n) is 10.9. The summed E-state index contributed by atoms with van der Waals surface area (Å²) in [6.45, 7) is 0. The van der Waals surface area contributed by atoms with Crippen molar-refractivity contribution in [2.45, 2.75) is 37.6 Å². The molecule has 0 radical (unpaired) electrons. The van der Waals surface area contributed by atoms with Crippen molar-refractivity contribution in [2.75, 3.05) is 0 Å². The van der Waals surface area contributed by atoms with Crippen LogP contribution >= 0.6 is 23.8 Å². The Kier molecular flexibility index (Phi) is 4.60. The van der Waals surface area contributed by atoms with Crippen molar-refractivity contribution in [2.24, 2.45) is 5.73 Å². The molecular formula is C14H16ClFN2OS. The highest BCUT2D eigenvalue weighted by atomic mass is 35.5. The minimum atomic E-state index is -0.726. The lowest BCUT2D eigenvalue weighted by Gasteiger charge is -2.37. The average Bonchev–Trinajstić information content (AvgIpc) is 2.39. The molecule has 0 aromatic heterocycles. The first-order valence-corrected chi connectivity index (χ1v) is 7.31. The minimum absolute atomic E-state index is 0.0800. The van der Waals surface area contributed by atoms with Crippen LogP contribution in [0.2, 0.25) is 5.02 Å². The maximum Gasteiger partial charge on any atom is 0.256 e. The van der Waals surface area contributed by atoms with Crippen LogP contribution < -0.4 is 11.1 Å². The largest absolute Gasteiger partial charge is 0.391 e. The molecule has 0 spiro atoms. The zero-order valence-corrected chi connectivity index (χ0v) is 12.5. The molecule has 3 nitrogen and oxygen atoms in total. The fraction of sp³-hybridized carbons (Fsp3) is 0.429. The summed E-state index contributed by atoms with van der Waals surface area (Å²) < 4.78 is 13.8. The van der Waals surface area contributed by atoms with E-state index in [-0.39, 0.29) is 15.6 Å². The van der Waals surface area contributed by atoms with Crippen molar-refractivity contribution >= 4 is 34.7 Å². The van der Waals surface area contributed by atoms with Gasteiger partial charge in [0.2, 0.25) is 0 Å². The number of nitrogens with two attached hydrogens (primary N) is 1. The third-order valence-corrected chi connectivity index (χ3v) is 4.43. The van der Waals surface area contributed by atoms with Gasteiger partial charge in [0.1, 0.15) is 5.82 Å². The number of hydrogen-bond acceptors (Lipinski definition) is 2. The molecule has 20 heavy (non-hydrogen) atoms. The summed E-state index contributed by atoms with van der Waals surface area (Å²) in [6.07, 6.45) is 4.31. The molecule has 1 aromatic rings. The van der Waals surface area contributed by atoms with Crippen LogP contribution in [0.15, 0.2) is 18.2 Å². The van der Waals surface area contributed by atoms with E-state index in [2.05, 4.69) is 5.32 Å². The van der Waals surface area contributed by atoms with E-state index in [9.17, 15) is 9.18 Å². The fourth-order valence-electron chi connectivity index (χ4n) is 2.58. The molecule has 1 amide bonds. The van der Waals surface area contributed by atoms with Crippen molar-refractivity contribution in [3.8, 4) is 0 Å². The molecule has 0 heterocycles. The molecule has 0 bridgehead atoms. The lowest BCUT2D eigenvalue weighted by Crippen LogP contribution is -2.57. The molecule has 1 aromatic carbocycles. The van der Waals surface area contributed by atoms with Crippen LogP contribution in [0.5, 0.6) is 0 Å². The maximum absolute atomic E-state index is 13.8. The van der Waals surface area contributed by atoms with E-state index in [1.165, 1.54) is 18.2 Å². The van der Waals surface area contributed by atoms with E-state index in [1.54, 1.807) is 0 Å². The van der Waals surface area contributed by atoms with Gasteiger partial charge in [0.25, 0.3) is 5.91 Å². The minimum Gasteiger partial charge on any atom is -0.391 e. The van der Waals surface area contributed by atoms with Crippen LogP contribution in [-0.2, 0) is 0 Å². The van der Waals surface area contributed by atoms with E-state index in [4.69, 9.17) is 29.6 Å². The lowest BCUT2D eigenvalue weighted by molar-refractivity contribution is 0.0904. The van der Waals surface area contributed by atoms with Gasteiger partial charge in [0.05, 0.1) is 21.1 Å². The normalized spacial score (nSPS) is 17.5. The van der Waals surface area contributed by atoms with Crippen LogP contribution in [0.3, 0.4) is 0 Å². The van der Waals surface area contributed by atoms with Crippen molar-refractivity contribution in [3.05, 3.63) is 34.6 Å². The first-order valence-electron chi connectivity index (χ1n) is 6.53. The molecule has 0 atom stereocenters. The van der Waals surface area contributed by atoms with Crippen LogP contribution in [0, 0.1) is 5.82 Å². The van der Waals surface area contributed by atoms with Gasteiger partial charge in [-0.25, -0.2) is 4.39 Å². The third-order valence-electron chi connectivity index (χ3n) is 3.72. The number of carbonyl (C=O) groups is 1. The number of nitrogens with one attached hydrogen (secondary N) is 1. The van der Waals surface area contributed by atoms with Gasteiger partial charge < -0.3 is 11.1 Å². The second kappa shape index (κ2) is 6.06. The first kappa shape index (κ1) is 15.2. The van der Waals surface area contributed by atoms with Gasteiger partial charge >= 0.3 is 0 Å². The molecule has 1 saturated carbocycles. The Bertz CT molecular complexity index is 524. The molecule has 108 valence electrons. The summed E-state index contributed by atoms with van der Waals surface area (Å²) in [6, 6.07) is 4.14. The number of benzene rings is 1. The molecule has 0 unspecified atom stereocenters. The first-order chi connectivity index (χ1) is 9.46. The van der Waals surface area contributed by atoms with Crippen LogP contribution in [-0.4, -0.2) is 16.4 Å². The Hall–Kier alpha value is -1.20. The SMILES string of the molecule is NC(=S)C1(NC(=O)c2c(F)cccc2Cl)CCCCC1. The smallest absolute Gasteiger partial charge is 0.256 e. The summed E-state index contributed by atoms with van der Waals surface area (Å²) in [4.78, 5) is 12.6. The van der Waals surface area contributed by atoms with Gasteiger partial charge in [0.15, 0.2) is 0 Å². The Morgan fingerprint density at radius 2 is 2.00 bits per heavy atom. The molecule has 2 rings (SSSR count). The molecule has 1 fully saturated rings. The van der Waals surface area contributed by atoms with Crippen molar-refractivity contribution in [1.82, 2.24) is 5.32 Å². The molecule has 1 aliphatic rings. The number of carbonyl (C=O) groups excluding carboxylic acids is 1. The standard InChI is InChI=1S/C14H16ClFN2OS/c15-9-5-4-6-10(16)11(9)12(19)18-14(13(17)20)7-2-1-3-8-14/h4-6H,1-3,7-8H2,(H2,17,20)(H,18,19). The van der Waals surface area contributed by atoms with E-state index in [1.807, 2.05) is 0 Å². The third kappa shape index (κ3) is 2.94. The highest BCUT2D eigenvalue weighted by Crippen LogP contribution is 2.30. The molecule has 0 aliphatic heterocycles. The van der Waals surface area contributed by atoms with Gasteiger partial charge in [-0.3, -0.25) is 4.79 Å². The predicted octanol–water partition coefficient (Wildman–Crippen LogP) is 3.20. The van der Waals surface area contributed by atoms with Crippen molar-refractivity contribution < 1.29 is 9.18 Å². The second-order valence-electron chi connectivity index (χ2n) is 5.06. The van der Waals surface area contributed by atoms with Gasteiger partial charge in [-0.2, -0.15) is 0 Å². The maximum atomic E-state index is 13.8. The quantitative estimate of drug-likeness (QED) is 0.842. The summed E-state index contributed by atoms with van der Waals surface area (Å²) >= 11 is 11.0. The Morgan fingerprint density at radius 3 is 2.55 bits per heavy atom. The number of amides is 1. The highest BCUT2D eigenvalue weighted by molar-refractivity contribution is 7.80. The lowest BCUT2D eigenvalue weighted by atomic mass is 9.81. The highest BCUT2D eigenvalue weighted by Gasteiger charge is 2.37. The van der Waals surface area contributed by atoms with Crippen LogP contribution in [0.25, 0.3) is 0 Å². The van der Waals surface area contributed by atoms with E-state index < -0.39 is 17.3 Å². The monoisotopic (exact) mass is 314 g/mol. The summed E-state index contributed by atoms with van der Waals surface area (Å²) in [5.74, 6) is -1.22. The second-order valence-corrected chi connectivity index (χ2v) is 5.90. The average molecular weight is 315 g/mol. The number of halogens is 2. The van der Waals surface area contributed by atoms with Crippen LogP contribution in [0.1, 0.15) is 42.5 Å². The van der Waals surface area contributed by atoms with Gasteiger partial charge in [-0.15, -0.1) is 0 Å². The molecule has 0 saturated heterocycles. The van der Waals surface area contributed by atoms with Gasteiger partial charge in [-0.05, 0) is 25.0 Å². The topological polar surface area (TPSA) is 55.1 Å². The summed E-state index contributed by atoms with van der Waals surface area (Å²) in [5.41, 5.74) is 4.91. The van der Waals surface area contributed by atoms with E-state index in [0.717, 1.165) is 19.3 Å².